The Bertz CT molecular complexity index is 3170. The van der Waals surface area contributed by atoms with Crippen molar-refractivity contribution in [2.75, 3.05) is 0 Å². The molecule has 1 aliphatic carbocycles. The third-order valence-corrected chi connectivity index (χ3v) is 11.6. The molecule has 8 aromatic carbocycles. The van der Waals surface area contributed by atoms with E-state index in [4.69, 9.17) is 0 Å². The van der Waals surface area contributed by atoms with Crippen molar-refractivity contribution in [3.63, 3.8) is 0 Å². The van der Waals surface area contributed by atoms with Crippen LogP contribution in [0, 0.1) is 0 Å². The SMILES string of the molecule is C1=CC(c2cccc(-c3ccc(-n4c5ccccc5c5cc(-c6ccc7c(c6)c6ccccc6n7-c6ccccc6-c6ccccc6)ccc54)cc3)c2)=CCC1.CC.CC. The van der Waals surface area contributed by atoms with Crippen LogP contribution in [-0.4, -0.2) is 9.13 Å². The van der Waals surface area contributed by atoms with E-state index < -0.39 is 0 Å². The molecule has 2 heteroatoms. The molecule has 2 heterocycles. The van der Waals surface area contributed by atoms with E-state index in [-0.39, 0.29) is 0 Å². The molecule has 0 saturated heterocycles. The van der Waals surface area contributed by atoms with Crippen molar-refractivity contribution in [2.24, 2.45) is 0 Å². The second kappa shape index (κ2) is 17.0. The highest BCUT2D eigenvalue weighted by atomic mass is 15.0. The maximum atomic E-state index is 2.43. The number of para-hydroxylation sites is 3. The Morgan fingerprint density at radius 1 is 0.350 bits per heavy atom. The fraction of sp³-hybridized carbons (Fsp3) is 0.103. The van der Waals surface area contributed by atoms with Gasteiger partial charge in [-0.3, -0.25) is 0 Å². The van der Waals surface area contributed by atoms with Gasteiger partial charge in [-0.05, 0) is 112 Å². The van der Waals surface area contributed by atoms with Gasteiger partial charge in [-0.25, -0.2) is 0 Å². The van der Waals surface area contributed by atoms with E-state index in [9.17, 15) is 0 Å². The van der Waals surface area contributed by atoms with E-state index in [2.05, 4.69) is 215 Å². The predicted molar refractivity (Wildman–Crippen MR) is 260 cm³/mol. The van der Waals surface area contributed by atoms with Gasteiger partial charge in [0.2, 0.25) is 0 Å². The molecule has 2 nitrogen and oxygen atoms in total. The number of nitrogens with zero attached hydrogens (tertiary/aromatic N) is 2. The Morgan fingerprint density at radius 2 is 0.867 bits per heavy atom. The molecule has 1 aliphatic rings. The van der Waals surface area contributed by atoms with Crippen LogP contribution in [0.2, 0.25) is 0 Å². The first-order valence-electron chi connectivity index (χ1n) is 21.6. The molecular formula is C58H50N2. The highest BCUT2D eigenvalue weighted by Gasteiger charge is 2.18. The van der Waals surface area contributed by atoms with E-state index in [0.717, 1.165) is 18.5 Å². The van der Waals surface area contributed by atoms with E-state index in [1.807, 2.05) is 27.7 Å². The van der Waals surface area contributed by atoms with Crippen LogP contribution in [0.1, 0.15) is 46.1 Å². The molecule has 0 atom stereocenters. The Hall–Kier alpha value is -7.16. The molecular weight excluding hydrogens is 725 g/mol. The molecule has 2 aromatic heterocycles. The smallest absolute Gasteiger partial charge is 0.0541 e. The van der Waals surface area contributed by atoms with Crippen molar-refractivity contribution in [3.8, 4) is 44.8 Å². The lowest BCUT2D eigenvalue weighted by atomic mass is 9.96. The summed E-state index contributed by atoms with van der Waals surface area (Å²) in [7, 11) is 0. The van der Waals surface area contributed by atoms with Crippen molar-refractivity contribution in [1.29, 1.82) is 0 Å². The quantitative estimate of drug-likeness (QED) is 0.159. The lowest BCUT2D eigenvalue weighted by Gasteiger charge is -2.14. The average molecular weight is 775 g/mol. The molecule has 0 fully saturated rings. The number of aromatic nitrogens is 2. The lowest BCUT2D eigenvalue weighted by Crippen LogP contribution is -1.97. The number of allylic oxidation sites excluding steroid dienone is 4. The van der Waals surface area contributed by atoms with Crippen LogP contribution < -0.4 is 0 Å². The highest BCUT2D eigenvalue weighted by molar-refractivity contribution is 6.13. The summed E-state index contributed by atoms with van der Waals surface area (Å²) < 4.78 is 4.84. The molecule has 0 saturated carbocycles. The van der Waals surface area contributed by atoms with Gasteiger partial charge < -0.3 is 9.13 Å². The first kappa shape index (κ1) is 38.4. The monoisotopic (exact) mass is 774 g/mol. The van der Waals surface area contributed by atoms with Crippen LogP contribution in [0.4, 0.5) is 0 Å². The number of fused-ring (bicyclic) bond motifs is 6. The fourth-order valence-electron chi connectivity index (χ4n) is 8.88. The third-order valence-electron chi connectivity index (χ3n) is 11.6. The first-order valence-corrected chi connectivity index (χ1v) is 21.6. The number of hydrogen-bond donors (Lipinski definition) is 0. The molecule has 0 bridgehead atoms. The summed E-state index contributed by atoms with van der Waals surface area (Å²) >= 11 is 0. The van der Waals surface area contributed by atoms with Gasteiger partial charge in [0.1, 0.15) is 0 Å². The standard InChI is InChI=1S/C54H38N2.2C2H6/c1-3-14-37(15-4-1)40-18-13-19-41(34-40)38-26-30-44(31-27-38)55-51-24-11-8-21-46(51)48-35-42(28-32-53(48)55)43-29-33-54-49(36-43)47-22-9-12-25-52(47)56(54)50-23-10-7-20-45(50)39-16-5-2-6-17-39;2*1-2/h2-3,5-36H,1,4H2;2*1-2H3. The zero-order valence-electron chi connectivity index (χ0n) is 34.9. The summed E-state index contributed by atoms with van der Waals surface area (Å²) in [6, 6.07) is 69.0. The van der Waals surface area contributed by atoms with Gasteiger partial charge in [-0.1, -0.05) is 173 Å². The van der Waals surface area contributed by atoms with Crippen LogP contribution in [0.25, 0.3) is 93.9 Å². The van der Waals surface area contributed by atoms with Crippen LogP contribution in [-0.2, 0) is 0 Å². The summed E-state index contributed by atoms with van der Waals surface area (Å²) in [5, 5.41) is 5.01. The predicted octanol–water partition coefficient (Wildman–Crippen LogP) is 16.7. The topological polar surface area (TPSA) is 9.86 Å². The second-order valence-corrected chi connectivity index (χ2v) is 14.8. The molecule has 0 amide bonds. The summed E-state index contributed by atoms with van der Waals surface area (Å²) in [5.74, 6) is 0. The summed E-state index contributed by atoms with van der Waals surface area (Å²) in [6.07, 6.45) is 9.11. The summed E-state index contributed by atoms with van der Waals surface area (Å²) in [6.45, 7) is 8.00. The van der Waals surface area contributed by atoms with Crippen molar-refractivity contribution in [3.05, 3.63) is 212 Å². The molecule has 60 heavy (non-hydrogen) atoms. The van der Waals surface area contributed by atoms with Crippen molar-refractivity contribution < 1.29 is 0 Å². The van der Waals surface area contributed by atoms with E-state index in [1.54, 1.807) is 0 Å². The number of benzene rings is 8. The van der Waals surface area contributed by atoms with E-state index in [1.165, 1.54) is 93.8 Å². The van der Waals surface area contributed by atoms with Crippen LogP contribution in [0.15, 0.2) is 206 Å². The molecule has 0 radical (unpaired) electrons. The highest BCUT2D eigenvalue weighted by Crippen LogP contribution is 2.40. The number of rotatable bonds is 6. The Labute approximate surface area is 354 Å². The lowest BCUT2D eigenvalue weighted by molar-refractivity contribution is 1.04. The fourth-order valence-corrected chi connectivity index (χ4v) is 8.88. The van der Waals surface area contributed by atoms with Crippen LogP contribution in [0.5, 0.6) is 0 Å². The van der Waals surface area contributed by atoms with Crippen molar-refractivity contribution in [1.82, 2.24) is 9.13 Å². The molecule has 0 aliphatic heterocycles. The van der Waals surface area contributed by atoms with E-state index in [0.29, 0.717) is 0 Å². The zero-order valence-corrected chi connectivity index (χ0v) is 34.9. The van der Waals surface area contributed by atoms with Crippen molar-refractivity contribution in [2.45, 2.75) is 40.5 Å². The Morgan fingerprint density at radius 3 is 1.53 bits per heavy atom. The number of hydrogen-bond acceptors (Lipinski definition) is 0. The van der Waals surface area contributed by atoms with Gasteiger partial charge in [0, 0.05) is 32.8 Å². The maximum absolute atomic E-state index is 2.43. The zero-order chi connectivity index (χ0) is 41.0. The summed E-state index contributed by atoms with van der Waals surface area (Å²) in [5.41, 5.74) is 17.1. The maximum Gasteiger partial charge on any atom is 0.0541 e. The van der Waals surface area contributed by atoms with E-state index >= 15 is 0 Å². The van der Waals surface area contributed by atoms with Gasteiger partial charge in [0.05, 0.1) is 27.8 Å². The van der Waals surface area contributed by atoms with Gasteiger partial charge in [0.25, 0.3) is 0 Å². The van der Waals surface area contributed by atoms with Crippen LogP contribution in [0.3, 0.4) is 0 Å². The van der Waals surface area contributed by atoms with Gasteiger partial charge in [0.15, 0.2) is 0 Å². The van der Waals surface area contributed by atoms with Crippen molar-refractivity contribution >= 4 is 49.2 Å². The average Bonchev–Trinajstić information content (AvgIpc) is 3.85. The van der Waals surface area contributed by atoms with Gasteiger partial charge in [-0.2, -0.15) is 0 Å². The molecule has 10 aromatic rings. The molecule has 0 spiro atoms. The minimum atomic E-state index is 1.11. The molecule has 292 valence electrons. The van der Waals surface area contributed by atoms with Gasteiger partial charge >= 0.3 is 0 Å². The largest absolute Gasteiger partial charge is 0.309 e. The Balaban J connectivity index is 0.00000112. The minimum absolute atomic E-state index is 1.11. The third kappa shape index (κ3) is 6.84. The normalized spacial score (nSPS) is 12.2. The Kier molecular flexibility index (Phi) is 10.9. The first-order chi connectivity index (χ1) is 29.8. The minimum Gasteiger partial charge on any atom is -0.309 e. The van der Waals surface area contributed by atoms with Crippen LogP contribution >= 0.6 is 0 Å². The molecule has 0 N–H and O–H groups in total. The molecule has 0 unspecified atom stereocenters. The second-order valence-electron chi connectivity index (χ2n) is 14.8. The van der Waals surface area contributed by atoms with Gasteiger partial charge in [-0.15, -0.1) is 0 Å². The molecule has 11 rings (SSSR count). The summed E-state index contributed by atoms with van der Waals surface area (Å²) in [4.78, 5) is 0.